The van der Waals surface area contributed by atoms with Crippen LogP contribution in [-0.4, -0.2) is 54.2 Å². The minimum Gasteiger partial charge on any atom is -0.384 e. The third-order valence-electron chi connectivity index (χ3n) is 4.26. The summed E-state index contributed by atoms with van der Waals surface area (Å²) in [6, 6.07) is 4.97. The Balaban J connectivity index is 2.07. The largest absolute Gasteiger partial charge is 0.416 e. The maximum absolute atomic E-state index is 12.8. The van der Waals surface area contributed by atoms with Crippen molar-refractivity contribution < 1.29 is 18.3 Å². The van der Waals surface area contributed by atoms with Crippen molar-refractivity contribution in [3.05, 3.63) is 35.4 Å². The van der Waals surface area contributed by atoms with Gasteiger partial charge in [0.2, 0.25) is 0 Å². The summed E-state index contributed by atoms with van der Waals surface area (Å²) in [5, 5.41) is 10.6. The second-order valence-electron chi connectivity index (χ2n) is 6.06. The molecule has 0 aliphatic carbocycles. The molecule has 1 aliphatic rings. The molecular weight excluding hydrogens is 293 g/mol. The predicted molar refractivity (Wildman–Crippen MR) is 79.6 cm³/mol. The highest BCUT2D eigenvalue weighted by Gasteiger charge is 2.33. The fourth-order valence-electron chi connectivity index (χ4n) is 2.82. The fraction of sp³-hybridized carbons (Fsp3) is 0.625. The molecule has 1 aromatic carbocycles. The van der Waals surface area contributed by atoms with E-state index in [0.29, 0.717) is 12.1 Å². The molecule has 22 heavy (non-hydrogen) atoms. The number of aliphatic hydroxyl groups is 1. The predicted octanol–water partition coefficient (Wildman–Crippen LogP) is 2.55. The van der Waals surface area contributed by atoms with Gasteiger partial charge < -0.3 is 10.0 Å². The van der Waals surface area contributed by atoms with E-state index in [0.717, 1.165) is 44.9 Å². The number of rotatable bonds is 4. The summed E-state index contributed by atoms with van der Waals surface area (Å²) in [5.74, 6) is 0. The smallest absolute Gasteiger partial charge is 0.384 e. The number of hydrogen-bond acceptors (Lipinski definition) is 3. The number of likely N-dealkylation sites (N-methyl/N-ethyl adjacent to an activating group) is 1. The lowest BCUT2D eigenvalue weighted by atomic mass is 9.93. The van der Waals surface area contributed by atoms with Gasteiger partial charge in [0, 0.05) is 32.7 Å². The third kappa shape index (κ3) is 4.21. The zero-order chi connectivity index (χ0) is 16.4. The summed E-state index contributed by atoms with van der Waals surface area (Å²) >= 11 is 0. The van der Waals surface area contributed by atoms with Gasteiger partial charge in [-0.25, -0.2) is 0 Å². The van der Waals surface area contributed by atoms with Gasteiger partial charge in [-0.05, 0) is 31.2 Å². The van der Waals surface area contributed by atoms with E-state index in [1.807, 2.05) is 0 Å². The number of benzene rings is 1. The summed E-state index contributed by atoms with van der Waals surface area (Å²) in [5.41, 5.74) is -1.71. The molecule has 0 aromatic heterocycles. The van der Waals surface area contributed by atoms with Gasteiger partial charge in [-0.15, -0.1) is 0 Å². The van der Waals surface area contributed by atoms with Gasteiger partial charge in [0.1, 0.15) is 0 Å². The lowest BCUT2D eigenvalue weighted by Gasteiger charge is -2.38. The number of piperazine rings is 1. The van der Waals surface area contributed by atoms with E-state index in [9.17, 15) is 18.3 Å². The molecule has 1 aromatic rings. The Morgan fingerprint density at radius 3 is 2.14 bits per heavy atom. The van der Waals surface area contributed by atoms with Crippen LogP contribution in [0.1, 0.15) is 25.0 Å². The highest BCUT2D eigenvalue weighted by Crippen LogP contribution is 2.32. The van der Waals surface area contributed by atoms with Gasteiger partial charge in [0.05, 0.1) is 11.2 Å². The van der Waals surface area contributed by atoms with Crippen molar-refractivity contribution in [3.8, 4) is 0 Å². The molecule has 1 saturated heterocycles. The normalized spacial score (nSPS) is 20.8. The first-order valence-electron chi connectivity index (χ1n) is 7.57. The second kappa shape index (κ2) is 6.56. The monoisotopic (exact) mass is 316 g/mol. The first-order chi connectivity index (χ1) is 10.2. The van der Waals surface area contributed by atoms with Crippen molar-refractivity contribution in [1.82, 2.24) is 9.80 Å². The van der Waals surface area contributed by atoms with Crippen LogP contribution in [-0.2, 0) is 11.8 Å². The van der Waals surface area contributed by atoms with Gasteiger partial charge in [-0.1, -0.05) is 19.1 Å². The first kappa shape index (κ1) is 17.2. The molecule has 0 spiro atoms. The molecule has 124 valence electrons. The number of halogens is 3. The SMILES string of the molecule is CCN1CCN(CC(C)(O)c2cccc(C(F)(F)F)c2)CC1. The Labute approximate surface area is 129 Å². The highest BCUT2D eigenvalue weighted by molar-refractivity contribution is 5.29. The first-order valence-corrected chi connectivity index (χ1v) is 7.57. The standard InChI is InChI=1S/C16H23F3N2O/c1-3-20-7-9-21(10-8-20)12-15(2,22)13-5-4-6-14(11-13)16(17,18)19/h4-6,11,22H,3,7-10,12H2,1-2H3. The molecule has 1 unspecified atom stereocenters. The van der Waals surface area contributed by atoms with E-state index < -0.39 is 17.3 Å². The van der Waals surface area contributed by atoms with Crippen molar-refractivity contribution in [1.29, 1.82) is 0 Å². The minimum absolute atomic E-state index is 0.306. The van der Waals surface area contributed by atoms with E-state index in [4.69, 9.17) is 0 Å². The maximum Gasteiger partial charge on any atom is 0.416 e. The summed E-state index contributed by atoms with van der Waals surface area (Å²) in [6.07, 6.45) is -4.39. The van der Waals surface area contributed by atoms with Crippen LogP contribution >= 0.6 is 0 Å². The number of nitrogens with zero attached hydrogens (tertiary/aromatic N) is 2. The molecule has 1 atom stereocenters. The summed E-state index contributed by atoms with van der Waals surface area (Å²) < 4.78 is 38.4. The van der Waals surface area contributed by atoms with Gasteiger partial charge in [0.15, 0.2) is 0 Å². The summed E-state index contributed by atoms with van der Waals surface area (Å²) in [4.78, 5) is 4.42. The molecule has 3 nitrogen and oxygen atoms in total. The molecule has 0 bridgehead atoms. The van der Waals surface area contributed by atoms with Crippen LogP contribution in [0.3, 0.4) is 0 Å². The molecule has 1 fully saturated rings. The van der Waals surface area contributed by atoms with Crippen LogP contribution in [0.2, 0.25) is 0 Å². The highest BCUT2D eigenvalue weighted by atomic mass is 19.4. The van der Waals surface area contributed by atoms with Crippen LogP contribution in [0.25, 0.3) is 0 Å². The Kier molecular flexibility index (Phi) is 5.14. The topological polar surface area (TPSA) is 26.7 Å². The van der Waals surface area contributed by atoms with Gasteiger partial charge in [0.25, 0.3) is 0 Å². The fourth-order valence-corrected chi connectivity index (χ4v) is 2.82. The van der Waals surface area contributed by atoms with Crippen LogP contribution in [0.15, 0.2) is 24.3 Å². The lowest BCUT2D eigenvalue weighted by molar-refractivity contribution is -0.137. The molecule has 2 rings (SSSR count). The molecule has 1 heterocycles. The Morgan fingerprint density at radius 2 is 1.59 bits per heavy atom. The van der Waals surface area contributed by atoms with E-state index in [1.54, 1.807) is 13.0 Å². The summed E-state index contributed by atoms with van der Waals surface area (Å²) in [6.45, 7) is 8.52. The Hall–Kier alpha value is -1.11. The summed E-state index contributed by atoms with van der Waals surface area (Å²) in [7, 11) is 0. The lowest BCUT2D eigenvalue weighted by Crippen LogP contribution is -2.50. The van der Waals surface area contributed by atoms with Crippen LogP contribution in [0, 0.1) is 0 Å². The number of alkyl halides is 3. The zero-order valence-corrected chi connectivity index (χ0v) is 13.0. The quantitative estimate of drug-likeness (QED) is 0.925. The molecular formula is C16H23F3N2O. The zero-order valence-electron chi connectivity index (χ0n) is 13.0. The van der Waals surface area contributed by atoms with E-state index in [-0.39, 0.29) is 0 Å². The van der Waals surface area contributed by atoms with E-state index >= 15 is 0 Å². The second-order valence-corrected chi connectivity index (χ2v) is 6.06. The van der Waals surface area contributed by atoms with Gasteiger partial charge in [-0.2, -0.15) is 13.2 Å². The van der Waals surface area contributed by atoms with Crippen molar-refractivity contribution >= 4 is 0 Å². The van der Waals surface area contributed by atoms with Crippen molar-refractivity contribution in [2.45, 2.75) is 25.6 Å². The van der Waals surface area contributed by atoms with Gasteiger partial charge in [-0.3, -0.25) is 4.90 Å². The Bertz CT molecular complexity index is 494. The maximum atomic E-state index is 12.8. The van der Waals surface area contributed by atoms with E-state index in [2.05, 4.69) is 16.7 Å². The molecule has 6 heteroatoms. The van der Waals surface area contributed by atoms with Crippen LogP contribution in [0.5, 0.6) is 0 Å². The van der Waals surface area contributed by atoms with E-state index in [1.165, 1.54) is 6.07 Å². The molecule has 1 aliphatic heterocycles. The molecule has 0 amide bonds. The molecule has 0 saturated carbocycles. The van der Waals surface area contributed by atoms with Crippen molar-refractivity contribution in [2.24, 2.45) is 0 Å². The molecule has 0 radical (unpaired) electrons. The number of hydrogen-bond donors (Lipinski definition) is 1. The van der Waals surface area contributed by atoms with Crippen LogP contribution < -0.4 is 0 Å². The minimum atomic E-state index is -4.39. The number of β-amino-alcohol motifs (C(OH)–C–C–N with tert-alkyl or cyclic N) is 1. The van der Waals surface area contributed by atoms with Gasteiger partial charge >= 0.3 is 6.18 Å². The van der Waals surface area contributed by atoms with Crippen molar-refractivity contribution in [2.75, 3.05) is 39.3 Å². The molecule has 1 N–H and O–H groups in total. The van der Waals surface area contributed by atoms with Crippen LogP contribution in [0.4, 0.5) is 13.2 Å². The van der Waals surface area contributed by atoms with Crippen molar-refractivity contribution in [3.63, 3.8) is 0 Å². The Morgan fingerprint density at radius 1 is 1.05 bits per heavy atom. The average Bonchev–Trinajstić information content (AvgIpc) is 2.47. The third-order valence-corrected chi connectivity index (χ3v) is 4.26. The average molecular weight is 316 g/mol.